The SMILES string of the molecule is CCCC(CC1CC(=O)c2c(ccc(CC(=O)Cc3ccc(CC)cc3)c2C)C1)C(CC)C(=O)CC(C)=O. The lowest BCUT2D eigenvalue weighted by Gasteiger charge is -2.32. The number of ketones is 4. The zero-order valence-corrected chi connectivity index (χ0v) is 23.9. The Morgan fingerprint density at radius 1 is 0.921 bits per heavy atom. The Morgan fingerprint density at radius 2 is 1.61 bits per heavy atom. The van der Waals surface area contributed by atoms with Crippen molar-refractivity contribution in [2.24, 2.45) is 17.8 Å². The van der Waals surface area contributed by atoms with Gasteiger partial charge < -0.3 is 0 Å². The molecule has 0 N–H and O–H groups in total. The van der Waals surface area contributed by atoms with Gasteiger partial charge in [0.25, 0.3) is 0 Å². The first-order valence-corrected chi connectivity index (χ1v) is 14.4. The van der Waals surface area contributed by atoms with Crippen LogP contribution in [0, 0.1) is 24.7 Å². The summed E-state index contributed by atoms with van der Waals surface area (Å²) in [5.74, 6) is 0.545. The first kappa shape index (κ1) is 29.7. The number of aryl methyl sites for hydroxylation is 1. The Labute approximate surface area is 228 Å². The predicted molar refractivity (Wildman–Crippen MR) is 153 cm³/mol. The minimum Gasteiger partial charge on any atom is -0.300 e. The van der Waals surface area contributed by atoms with Crippen LogP contribution in [0.15, 0.2) is 36.4 Å². The number of hydrogen-bond donors (Lipinski definition) is 0. The van der Waals surface area contributed by atoms with E-state index in [2.05, 4.69) is 26.0 Å². The molecule has 3 rings (SSSR count). The molecule has 1 aliphatic rings. The van der Waals surface area contributed by atoms with Gasteiger partial charge in [-0.1, -0.05) is 70.0 Å². The van der Waals surface area contributed by atoms with Crippen LogP contribution in [0.5, 0.6) is 0 Å². The molecule has 0 fully saturated rings. The third kappa shape index (κ3) is 7.58. The largest absolute Gasteiger partial charge is 0.300 e. The lowest BCUT2D eigenvalue weighted by atomic mass is 9.72. The summed E-state index contributed by atoms with van der Waals surface area (Å²) in [5, 5.41) is 0. The van der Waals surface area contributed by atoms with Crippen LogP contribution in [0.2, 0.25) is 0 Å². The van der Waals surface area contributed by atoms with Gasteiger partial charge in [0.2, 0.25) is 0 Å². The van der Waals surface area contributed by atoms with E-state index in [1.807, 2.05) is 38.1 Å². The maximum Gasteiger partial charge on any atom is 0.163 e. The molecule has 204 valence electrons. The van der Waals surface area contributed by atoms with Gasteiger partial charge in [-0.25, -0.2) is 0 Å². The van der Waals surface area contributed by atoms with Crippen LogP contribution in [0.3, 0.4) is 0 Å². The topological polar surface area (TPSA) is 68.3 Å². The van der Waals surface area contributed by atoms with Gasteiger partial charge in [-0.05, 0) is 79.2 Å². The second-order valence-corrected chi connectivity index (χ2v) is 11.3. The second-order valence-electron chi connectivity index (χ2n) is 11.3. The average molecular weight is 517 g/mol. The van der Waals surface area contributed by atoms with E-state index in [4.69, 9.17) is 0 Å². The average Bonchev–Trinajstić information content (AvgIpc) is 2.86. The van der Waals surface area contributed by atoms with Crippen LogP contribution >= 0.6 is 0 Å². The number of fused-ring (bicyclic) bond motifs is 1. The normalized spacial score (nSPS) is 16.6. The second kappa shape index (κ2) is 13.8. The van der Waals surface area contributed by atoms with Gasteiger partial charge in [0.15, 0.2) is 5.78 Å². The summed E-state index contributed by atoms with van der Waals surface area (Å²) in [6.45, 7) is 9.72. The van der Waals surface area contributed by atoms with Gasteiger partial charge in [-0.3, -0.25) is 19.2 Å². The Kier molecular flexibility index (Phi) is 10.8. The molecule has 0 radical (unpaired) electrons. The smallest absolute Gasteiger partial charge is 0.163 e. The molecule has 4 nitrogen and oxygen atoms in total. The van der Waals surface area contributed by atoms with E-state index >= 15 is 0 Å². The Morgan fingerprint density at radius 3 is 2.21 bits per heavy atom. The van der Waals surface area contributed by atoms with Crippen LogP contribution in [-0.4, -0.2) is 23.1 Å². The first-order valence-electron chi connectivity index (χ1n) is 14.4. The highest BCUT2D eigenvalue weighted by Gasteiger charge is 2.33. The summed E-state index contributed by atoms with van der Waals surface area (Å²) in [6, 6.07) is 12.3. The molecule has 3 atom stereocenters. The van der Waals surface area contributed by atoms with Gasteiger partial charge >= 0.3 is 0 Å². The molecule has 0 saturated carbocycles. The Balaban J connectivity index is 1.71. The molecule has 0 bridgehead atoms. The molecular formula is C34H44O4. The molecule has 0 aromatic heterocycles. The van der Waals surface area contributed by atoms with Crippen LogP contribution in [0.4, 0.5) is 0 Å². The minimum atomic E-state index is -0.122. The number of benzene rings is 2. The van der Waals surface area contributed by atoms with E-state index in [0.29, 0.717) is 19.3 Å². The molecular weight excluding hydrogens is 472 g/mol. The van der Waals surface area contributed by atoms with E-state index in [-0.39, 0.29) is 47.3 Å². The standard InChI is InChI=1S/C34H44O4/c1-6-9-28(31(8-3)32(37)16-22(4)35)17-26-18-29-15-14-27(23(5)34(29)33(38)20-26)21-30(36)19-25-12-10-24(7-2)11-13-25/h10-15,26,28,31H,6-9,16-21H2,1-5H3. The minimum absolute atomic E-state index is 0.00981. The van der Waals surface area contributed by atoms with Gasteiger partial charge in [0, 0.05) is 30.7 Å². The predicted octanol–water partition coefficient (Wildman–Crippen LogP) is 7.04. The maximum atomic E-state index is 13.4. The van der Waals surface area contributed by atoms with E-state index < -0.39 is 0 Å². The molecule has 1 aliphatic carbocycles. The Hall–Kier alpha value is -2.88. The number of rotatable bonds is 14. The van der Waals surface area contributed by atoms with Crippen molar-refractivity contribution in [2.75, 3.05) is 0 Å². The van der Waals surface area contributed by atoms with Crippen molar-refractivity contribution in [3.05, 3.63) is 69.8 Å². The van der Waals surface area contributed by atoms with E-state index in [0.717, 1.165) is 66.3 Å². The zero-order chi connectivity index (χ0) is 27.8. The molecule has 38 heavy (non-hydrogen) atoms. The molecule has 3 unspecified atom stereocenters. The van der Waals surface area contributed by atoms with E-state index in [1.54, 1.807) is 0 Å². The fourth-order valence-corrected chi connectivity index (χ4v) is 6.35. The van der Waals surface area contributed by atoms with Gasteiger partial charge in [-0.15, -0.1) is 0 Å². The van der Waals surface area contributed by atoms with Crippen LogP contribution in [0.25, 0.3) is 0 Å². The molecule has 0 saturated heterocycles. The van der Waals surface area contributed by atoms with Crippen LogP contribution in [-0.2, 0) is 40.1 Å². The lowest BCUT2D eigenvalue weighted by molar-refractivity contribution is -0.130. The van der Waals surface area contributed by atoms with E-state index in [9.17, 15) is 19.2 Å². The van der Waals surface area contributed by atoms with Gasteiger partial charge in [0.1, 0.15) is 17.3 Å². The fraction of sp³-hybridized carbons (Fsp3) is 0.529. The van der Waals surface area contributed by atoms with Crippen molar-refractivity contribution in [3.8, 4) is 0 Å². The van der Waals surface area contributed by atoms with Crippen LogP contribution in [0.1, 0.15) is 104 Å². The summed E-state index contributed by atoms with van der Waals surface area (Å²) in [4.78, 5) is 50.6. The fourth-order valence-electron chi connectivity index (χ4n) is 6.35. The highest BCUT2D eigenvalue weighted by molar-refractivity contribution is 6.01. The van der Waals surface area contributed by atoms with E-state index in [1.165, 1.54) is 12.5 Å². The van der Waals surface area contributed by atoms with Gasteiger partial charge in [0.05, 0.1) is 6.42 Å². The zero-order valence-electron chi connectivity index (χ0n) is 23.9. The molecule has 2 aromatic rings. The molecule has 4 heteroatoms. The quantitative estimate of drug-likeness (QED) is 0.253. The lowest BCUT2D eigenvalue weighted by Crippen LogP contribution is -2.30. The van der Waals surface area contributed by atoms with Gasteiger partial charge in [-0.2, -0.15) is 0 Å². The molecule has 0 amide bonds. The summed E-state index contributed by atoms with van der Waals surface area (Å²) >= 11 is 0. The molecule has 0 aliphatic heterocycles. The number of carbonyl (C=O) groups excluding carboxylic acids is 4. The Bertz CT molecular complexity index is 1160. The molecule has 0 spiro atoms. The summed E-state index contributed by atoms with van der Waals surface area (Å²) in [6.07, 6.45) is 6.49. The van der Waals surface area contributed by atoms with Crippen LogP contribution < -0.4 is 0 Å². The third-order valence-electron chi connectivity index (χ3n) is 8.29. The van der Waals surface area contributed by atoms with Crippen molar-refractivity contribution in [1.82, 2.24) is 0 Å². The number of carbonyl (C=O) groups is 4. The monoisotopic (exact) mass is 516 g/mol. The van der Waals surface area contributed by atoms with Crippen molar-refractivity contribution in [1.29, 1.82) is 0 Å². The summed E-state index contributed by atoms with van der Waals surface area (Å²) in [5.41, 5.74) is 6.02. The number of Topliss-reactive ketones (excluding diaryl/α,β-unsaturated/α-hetero) is 4. The molecule has 0 heterocycles. The third-order valence-corrected chi connectivity index (χ3v) is 8.29. The highest BCUT2D eigenvalue weighted by Crippen LogP contribution is 2.37. The highest BCUT2D eigenvalue weighted by atomic mass is 16.1. The molecule has 2 aromatic carbocycles. The summed E-state index contributed by atoms with van der Waals surface area (Å²) < 4.78 is 0. The van der Waals surface area contributed by atoms with Crippen molar-refractivity contribution in [2.45, 2.75) is 98.8 Å². The number of hydrogen-bond acceptors (Lipinski definition) is 4. The van der Waals surface area contributed by atoms with Crippen molar-refractivity contribution < 1.29 is 19.2 Å². The first-order chi connectivity index (χ1) is 18.2. The summed E-state index contributed by atoms with van der Waals surface area (Å²) in [7, 11) is 0. The van der Waals surface area contributed by atoms with Crippen molar-refractivity contribution >= 4 is 23.1 Å². The maximum absolute atomic E-state index is 13.4. The van der Waals surface area contributed by atoms with Crippen molar-refractivity contribution in [3.63, 3.8) is 0 Å².